The van der Waals surface area contributed by atoms with Crippen LogP contribution in [-0.2, 0) is 4.74 Å². The van der Waals surface area contributed by atoms with Crippen LogP contribution in [0.2, 0.25) is 0 Å². The molecule has 1 unspecified atom stereocenters. The summed E-state index contributed by atoms with van der Waals surface area (Å²) < 4.78 is 19.2. The van der Waals surface area contributed by atoms with Crippen LogP contribution in [0.4, 0.5) is 22.0 Å². The van der Waals surface area contributed by atoms with Gasteiger partial charge in [-0.25, -0.2) is 19.4 Å². The molecule has 1 atom stereocenters. The molecular formula is C31H36N8O5. The van der Waals surface area contributed by atoms with Gasteiger partial charge in [-0.05, 0) is 70.0 Å². The predicted molar refractivity (Wildman–Crippen MR) is 166 cm³/mol. The van der Waals surface area contributed by atoms with Crippen LogP contribution in [0, 0.1) is 0 Å². The number of nitrogens with zero attached hydrogens (tertiary/aromatic N) is 6. The molecule has 0 saturated carbocycles. The number of aromatic nitrogens is 4. The van der Waals surface area contributed by atoms with Crippen LogP contribution >= 0.6 is 0 Å². The highest BCUT2D eigenvalue weighted by molar-refractivity contribution is 6.06. The molecule has 0 bridgehead atoms. The Hall–Kier alpha value is -5.07. The molecule has 13 heteroatoms. The summed E-state index contributed by atoms with van der Waals surface area (Å²) in [5, 5.41) is 8.49. The van der Waals surface area contributed by atoms with Crippen LogP contribution in [0.3, 0.4) is 0 Å². The van der Waals surface area contributed by atoms with E-state index in [0.29, 0.717) is 58.1 Å². The summed E-state index contributed by atoms with van der Waals surface area (Å²) in [5.74, 6) is 0.814. The summed E-state index contributed by atoms with van der Waals surface area (Å²) in [7, 11) is 3.88. The zero-order chi connectivity index (χ0) is 31.2. The van der Waals surface area contributed by atoms with Crippen molar-refractivity contribution in [1.82, 2.24) is 24.6 Å². The summed E-state index contributed by atoms with van der Waals surface area (Å²) in [6.07, 6.45) is 2.61. The fourth-order valence-corrected chi connectivity index (χ4v) is 5.47. The Balaban J connectivity index is 1.33. The van der Waals surface area contributed by atoms with E-state index in [4.69, 9.17) is 25.0 Å². The number of hydrogen-bond donors (Lipinski definition) is 2. The van der Waals surface area contributed by atoms with E-state index in [-0.39, 0.29) is 30.7 Å². The monoisotopic (exact) mass is 600 g/mol. The molecule has 6 rings (SSSR count). The van der Waals surface area contributed by atoms with Gasteiger partial charge >= 0.3 is 6.09 Å². The molecule has 4 heterocycles. The van der Waals surface area contributed by atoms with Gasteiger partial charge in [0.05, 0.1) is 17.1 Å². The lowest BCUT2D eigenvalue weighted by molar-refractivity contribution is 0.0169. The second-order valence-electron chi connectivity index (χ2n) is 12.1. The number of piperidine rings is 1. The van der Waals surface area contributed by atoms with E-state index >= 15 is 0 Å². The van der Waals surface area contributed by atoms with Crippen LogP contribution in [0.25, 0.3) is 22.3 Å². The lowest BCUT2D eigenvalue weighted by atomic mass is 10.1. The zero-order valence-electron chi connectivity index (χ0n) is 25.5. The molecule has 4 aromatic rings. The maximum absolute atomic E-state index is 13.1. The van der Waals surface area contributed by atoms with Gasteiger partial charge in [0, 0.05) is 44.0 Å². The molecule has 1 fully saturated rings. The minimum Gasteiger partial charge on any atom is -0.453 e. The van der Waals surface area contributed by atoms with Crippen molar-refractivity contribution in [3.63, 3.8) is 0 Å². The third-order valence-electron chi connectivity index (χ3n) is 7.58. The number of hydrogen-bond acceptors (Lipinski definition) is 10. The van der Waals surface area contributed by atoms with Crippen molar-refractivity contribution in [2.45, 2.75) is 45.3 Å². The number of anilines is 3. The van der Waals surface area contributed by atoms with Gasteiger partial charge in [0.15, 0.2) is 17.1 Å². The van der Waals surface area contributed by atoms with E-state index in [1.807, 2.05) is 62.6 Å². The van der Waals surface area contributed by atoms with Gasteiger partial charge in [-0.2, -0.15) is 5.10 Å². The summed E-state index contributed by atoms with van der Waals surface area (Å²) >= 11 is 0. The Morgan fingerprint density at radius 3 is 2.55 bits per heavy atom. The number of carbonyl (C=O) groups excluding carboxylic acids is 2. The van der Waals surface area contributed by atoms with Gasteiger partial charge in [-0.15, -0.1) is 0 Å². The second-order valence-corrected chi connectivity index (χ2v) is 12.1. The van der Waals surface area contributed by atoms with Crippen LogP contribution in [-0.4, -0.2) is 76.2 Å². The molecule has 230 valence electrons. The number of nitrogens with one attached hydrogen (secondary N) is 1. The summed E-state index contributed by atoms with van der Waals surface area (Å²) in [5.41, 5.74) is 9.46. The molecule has 2 aliphatic heterocycles. The molecule has 2 aromatic heterocycles. The minimum atomic E-state index is -0.595. The van der Waals surface area contributed by atoms with E-state index in [1.165, 1.54) is 6.33 Å². The van der Waals surface area contributed by atoms with E-state index in [9.17, 15) is 9.59 Å². The molecule has 0 spiro atoms. The molecule has 2 aliphatic rings. The van der Waals surface area contributed by atoms with Crippen LogP contribution in [0.5, 0.6) is 11.5 Å². The number of rotatable bonds is 5. The van der Waals surface area contributed by atoms with Crippen molar-refractivity contribution in [2.75, 3.05) is 49.9 Å². The van der Waals surface area contributed by atoms with Crippen molar-refractivity contribution in [2.24, 2.45) is 0 Å². The predicted octanol–water partition coefficient (Wildman–Crippen LogP) is 4.69. The van der Waals surface area contributed by atoms with E-state index in [0.717, 1.165) is 18.5 Å². The standard InChI is InChI=1S/C31H36N8O5/c1-31(2,3)44-30(41)38-14-6-7-20(15-38)39-28-23(27(32)33-16-34-28)24(36-39)21-12-13-22(26-25(21)42-17-43-26)35-29(40)18-8-10-19(11-9-18)37(4)5/h8-13,16,20H,6-7,14-15,17H2,1-5H3,(H,35,40)(H2,32,33,34). The smallest absolute Gasteiger partial charge is 0.410 e. The molecule has 3 N–H and O–H groups in total. The Morgan fingerprint density at radius 2 is 1.82 bits per heavy atom. The molecule has 2 aromatic carbocycles. The highest BCUT2D eigenvalue weighted by Crippen LogP contribution is 2.48. The van der Waals surface area contributed by atoms with E-state index in [1.54, 1.807) is 23.1 Å². The number of nitrogens with two attached hydrogens (primary N) is 1. The number of amides is 2. The molecule has 13 nitrogen and oxygen atoms in total. The van der Waals surface area contributed by atoms with Crippen molar-refractivity contribution in [3.05, 3.63) is 48.3 Å². The first-order valence-electron chi connectivity index (χ1n) is 14.5. The topological polar surface area (TPSA) is 150 Å². The Kier molecular flexibility index (Phi) is 7.39. The number of benzene rings is 2. The SMILES string of the molecule is CN(C)c1ccc(C(=O)Nc2ccc(-c3nn(C4CCCN(C(=O)OC(C)(C)C)C4)c4ncnc(N)c34)c3c2OCO3)cc1. The quantitative estimate of drug-likeness (QED) is 0.330. The maximum atomic E-state index is 13.1. The first kappa shape index (κ1) is 29.0. The molecule has 2 amide bonds. The number of nitrogen functional groups attached to an aromatic ring is 1. The summed E-state index contributed by atoms with van der Waals surface area (Å²) in [4.78, 5) is 38.4. The van der Waals surface area contributed by atoms with E-state index < -0.39 is 5.60 Å². The second kappa shape index (κ2) is 11.2. The van der Waals surface area contributed by atoms with Gasteiger partial charge in [0.2, 0.25) is 6.79 Å². The average molecular weight is 601 g/mol. The van der Waals surface area contributed by atoms with Crippen LogP contribution in [0.15, 0.2) is 42.7 Å². The highest BCUT2D eigenvalue weighted by atomic mass is 16.7. The molecule has 44 heavy (non-hydrogen) atoms. The number of ether oxygens (including phenoxy) is 3. The number of carbonyl (C=O) groups is 2. The molecule has 0 radical (unpaired) electrons. The maximum Gasteiger partial charge on any atom is 0.410 e. The largest absolute Gasteiger partial charge is 0.453 e. The Morgan fingerprint density at radius 1 is 1.07 bits per heavy atom. The van der Waals surface area contributed by atoms with Crippen molar-refractivity contribution in [3.8, 4) is 22.8 Å². The fraction of sp³-hybridized carbons (Fsp3) is 0.387. The van der Waals surface area contributed by atoms with Crippen molar-refractivity contribution in [1.29, 1.82) is 0 Å². The normalized spacial score (nSPS) is 16.2. The number of fused-ring (bicyclic) bond motifs is 2. The van der Waals surface area contributed by atoms with Crippen LogP contribution in [0.1, 0.15) is 50.0 Å². The first-order chi connectivity index (χ1) is 21.0. The van der Waals surface area contributed by atoms with Gasteiger partial charge in [0.1, 0.15) is 23.4 Å². The molecule has 0 aliphatic carbocycles. The minimum absolute atomic E-state index is 0.0230. The third kappa shape index (κ3) is 5.52. The average Bonchev–Trinajstić information content (AvgIpc) is 3.63. The summed E-state index contributed by atoms with van der Waals surface area (Å²) in [6.45, 7) is 6.53. The third-order valence-corrected chi connectivity index (χ3v) is 7.58. The highest BCUT2D eigenvalue weighted by Gasteiger charge is 2.33. The zero-order valence-corrected chi connectivity index (χ0v) is 25.5. The van der Waals surface area contributed by atoms with E-state index in [2.05, 4.69) is 15.3 Å². The van der Waals surface area contributed by atoms with Gasteiger partial charge in [-0.1, -0.05) is 0 Å². The van der Waals surface area contributed by atoms with Gasteiger partial charge in [0.25, 0.3) is 5.91 Å². The molecule has 1 saturated heterocycles. The van der Waals surface area contributed by atoms with Crippen LogP contribution < -0.4 is 25.4 Å². The lowest BCUT2D eigenvalue weighted by Gasteiger charge is -2.34. The first-order valence-corrected chi connectivity index (χ1v) is 14.5. The number of likely N-dealkylation sites (tertiary alicyclic amines) is 1. The van der Waals surface area contributed by atoms with Crippen molar-refractivity contribution < 1.29 is 23.8 Å². The fourth-order valence-electron chi connectivity index (χ4n) is 5.47. The van der Waals surface area contributed by atoms with Crippen molar-refractivity contribution >= 4 is 40.2 Å². The van der Waals surface area contributed by atoms with Gasteiger partial charge in [-0.3, -0.25) is 4.79 Å². The Bertz CT molecular complexity index is 1730. The van der Waals surface area contributed by atoms with Gasteiger partial charge < -0.3 is 35.1 Å². The summed E-state index contributed by atoms with van der Waals surface area (Å²) in [6, 6.07) is 10.7. The molecular weight excluding hydrogens is 564 g/mol. The lowest BCUT2D eigenvalue weighted by Crippen LogP contribution is -2.43. The Labute approximate surface area is 254 Å².